The number of hydrogen-bond donors (Lipinski definition) is 2. The maximum Gasteiger partial charge on any atom is 0.240 e. The number of nitrogens with zero attached hydrogens (tertiary/aromatic N) is 1. The van der Waals surface area contributed by atoms with E-state index < -0.39 is 10.0 Å². The van der Waals surface area contributed by atoms with Crippen LogP contribution in [0.25, 0.3) is 0 Å². The minimum atomic E-state index is -3.60. The first-order chi connectivity index (χ1) is 11.4. The van der Waals surface area contributed by atoms with Crippen molar-refractivity contribution in [2.24, 2.45) is 0 Å². The molecule has 1 fully saturated rings. The fourth-order valence-corrected chi connectivity index (χ4v) is 3.82. The van der Waals surface area contributed by atoms with E-state index in [0.717, 1.165) is 26.1 Å². The number of carbonyl (C=O) groups excluding carboxylic acids is 1. The van der Waals surface area contributed by atoms with E-state index in [4.69, 9.17) is 4.74 Å². The van der Waals surface area contributed by atoms with Gasteiger partial charge in [-0.25, -0.2) is 13.1 Å². The van der Waals surface area contributed by atoms with E-state index in [1.165, 1.54) is 45.1 Å². The summed E-state index contributed by atoms with van der Waals surface area (Å²) in [5, 5.41) is 2.60. The molecule has 2 N–H and O–H groups in total. The van der Waals surface area contributed by atoms with Crippen LogP contribution in [0.15, 0.2) is 23.1 Å². The van der Waals surface area contributed by atoms with E-state index in [-0.39, 0.29) is 10.8 Å². The molecule has 0 aromatic heterocycles. The van der Waals surface area contributed by atoms with Gasteiger partial charge in [-0.05, 0) is 51.0 Å². The summed E-state index contributed by atoms with van der Waals surface area (Å²) in [5.41, 5.74) is 0.443. The molecule has 0 unspecified atom stereocenters. The lowest BCUT2D eigenvalue weighted by Gasteiger charge is -2.15. The van der Waals surface area contributed by atoms with E-state index in [2.05, 4.69) is 14.9 Å². The number of carbonyl (C=O) groups is 1. The van der Waals surface area contributed by atoms with Gasteiger partial charge >= 0.3 is 0 Å². The molecule has 1 aliphatic heterocycles. The third-order valence-electron chi connectivity index (χ3n) is 3.94. The lowest BCUT2D eigenvalue weighted by molar-refractivity contribution is -0.114. The molecule has 7 nitrogen and oxygen atoms in total. The Kier molecular flexibility index (Phi) is 6.59. The van der Waals surface area contributed by atoms with Gasteiger partial charge in [-0.1, -0.05) is 0 Å². The molecule has 1 aromatic rings. The minimum absolute atomic E-state index is 0.120. The Morgan fingerprint density at radius 3 is 2.62 bits per heavy atom. The Balaban J connectivity index is 1.96. The fraction of sp³-hybridized carbons (Fsp3) is 0.562. The molecule has 0 radical (unpaired) electrons. The Morgan fingerprint density at radius 2 is 2.00 bits per heavy atom. The van der Waals surface area contributed by atoms with Crippen LogP contribution in [0.1, 0.15) is 26.2 Å². The van der Waals surface area contributed by atoms with Crippen LogP contribution in [0.2, 0.25) is 0 Å². The van der Waals surface area contributed by atoms with Crippen molar-refractivity contribution in [1.29, 1.82) is 0 Å². The number of ether oxygens (including phenoxy) is 1. The molecule has 0 spiro atoms. The summed E-state index contributed by atoms with van der Waals surface area (Å²) >= 11 is 0. The van der Waals surface area contributed by atoms with Gasteiger partial charge in [-0.2, -0.15) is 0 Å². The monoisotopic (exact) mass is 355 g/mol. The highest BCUT2D eigenvalue weighted by Crippen LogP contribution is 2.27. The first-order valence-electron chi connectivity index (χ1n) is 8.10. The predicted molar refractivity (Wildman–Crippen MR) is 92.8 cm³/mol. The molecule has 1 aliphatic rings. The number of anilines is 1. The zero-order valence-electron chi connectivity index (χ0n) is 14.2. The van der Waals surface area contributed by atoms with Crippen LogP contribution < -0.4 is 14.8 Å². The second-order valence-corrected chi connectivity index (χ2v) is 7.61. The lowest BCUT2D eigenvalue weighted by atomic mass is 10.3. The van der Waals surface area contributed by atoms with Crippen LogP contribution in [0.5, 0.6) is 5.75 Å². The summed E-state index contributed by atoms with van der Waals surface area (Å²) in [4.78, 5) is 13.6. The van der Waals surface area contributed by atoms with Crippen molar-refractivity contribution in [2.75, 3.05) is 38.6 Å². The number of amides is 1. The Hall–Kier alpha value is -1.64. The number of nitrogens with one attached hydrogen (secondary N) is 2. The number of hydrogen-bond acceptors (Lipinski definition) is 5. The maximum atomic E-state index is 12.4. The van der Waals surface area contributed by atoms with Gasteiger partial charge in [0.2, 0.25) is 15.9 Å². The van der Waals surface area contributed by atoms with Crippen molar-refractivity contribution in [2.45, 2.75) is 31.1 Å². The van der Waals surface area contributed by atoms with Gasteiger partial charge in [-0.15, -0.1) is 0 Å². The summed E-state index contributed by atoms with van der Waals surface area (Å²) in [7, 11) is -2.16. The third-order valence-corrected chi connectivity index (χ3v) is 5.39. The van der Waals surface area contributed by atoms with Gasteiger partial charge in [-0.3, -0.25) is 4.79 Å². The van der Waals surface area contributed by atoms with Crippen LogP contribution in [0.4, 0.5) is 5.69 Å². The highest BCUT2D eigenvalue weighted by molar-refractivity contribution is 7.89. The molecule has 1 saturated heterocycles. The molecular formula is C16H25N3O4S. The normalized spacial score (nSPS) is 15.4. The van der Waals surface area contributed by atoms with Crippen molar-refractivity contribution in [3.05, 3.63) is 18.2 Å². The maximum absolute atomic E-state index is 12.4. The molecule has 1 aromatic carbocycles. The van der Waals surface area contributed by atoms with Crippen LogP contribution in [0, 0.1) is 0 Å². The molecular weight excluding hydrogens is 330 g/mol. The summed E-state index contributed by atoms with van der Waals surface area (Å²) < 4.78 is 32.5. The molecule has 2 rings (SSSR count). The van der Waals surface area contributed by atoms with Crippen LogP contribution in [0.3, 0.4) is 0 Å². The summed E-state index contributed by atoms with van der Waals surface area (Å²) in [5.74, 6) is 0.0640. The average molecular weight is 355 g/mol. The van der Waals surface area contributed by atoms with Gasteiger partial charge in [0, 0.05) is 19.5 Å². The first kappa shape index (κ1) is 18.7. The molecule has 0 bridgehead atoms. The second-order valence-electron chi connectivity index (χ2n) is 5.84. The Bertz CT molecular complexity index is 670. The highest BCUT2D eigenvalue weighted by Gasteiger charge is 2.17. The Labute approximate surface area is 143 Å². The van der Waals surface area contributed by atoms with E-state index in [1.807, 2.05) is 0 Å². The molecule has 0 saturated carbocycles. The van der Waals surface area contributed by atoms with Crippen LogP contribution in [-0.4, -0.2) is 52.5 Å². The Morgan fingerprint density at radius 1 is 1.29 bits per heavy atom. The van der Waals surface area contributed by atoms with Crippen LogP contribution in [-0.2, 0) is 14.8 Å². The van der Waals surface area contributed by atoms with Gasteiger partial charge in [0.25, 0.3) is 0 Å². The van der Waals surface area contributed by atoms with Crippen molar-refractivity contribution >= 4 is 21.6 Å². The summed E-state index contributed by atoms with van der Waals surface area (Å²) in [6.07, 6.45) is 3.23. The molecule has 1 amide bonds. The van der Waals surface area contributed by atoms with Gasteiger partial charge in [0.1, 0.15) is 5.75 Å². The number of rotatable bonds is 8. The molecule has 0 aliphatic carbocycles. The number of benzene rings is 1. The fourth-order valence-electron chi connectivity index (χ4n) is 2.73. The van der Waals surface area contributed by atoms with E-state index in [9.17, 15) is 13.2 Å². The zero-order valence-corrected chi connectivity index (χ0v) is 15.0. The van der Waals surface area contributed by atoms with Gasteiger partial charge < -0.3 is 15.0 Å². The van der Waals surface area contributed by atoms with Crippen molar-refractivity contribution in [3.8, 4) is 5.75 Å². The van der Waals surface area contributed by atoms with Crippen molar-refractivity contribution in [1.82, 2.24) is 9.62 Å². The van der Waals surface area contributed by atoms with Crippen molar-refractivity contribution < 1.29 is 17.9 Å². The molecule has 0 atom stereocenters. The molecule has 134 valence electrons. The topological polar surface area (TPSA) is 87.7 Å². The minimum Gasteiger partial charge on any atom is -0.495 e. The third kappa shape index (κ3) is 5.19. The van der Waals surface area contributed by atoms with E-state index in [1.54, 1.807) is 0 Å². The first-order valence-corrected chi connectivity index (χ1v) is 9.58. The van der Waals surface area contributed by atoms with Gasteiger partial charge in [0.05, 0.1) is 17.7 Å². The molecule has 1 heterocycles. The van der Waals surface area contributed by atoms with E-state index >= 15 is 0 Å². The molecule has 24 heavy (non-hydrogen) atoms. The second kappa shape index (κ2) is 8.46. The number of sulfonamides is 1. The number of methoxy groups -OCH3 is 1. The highest BCUT2D eigenvalue weighted by atomic mass is 32.2. The zero-order chi connectivity index (χ0) is 17.6. The number of likely N-dealkylation sites (tertiary alicyclic amines) is 1. The molecule has 8 heteroatoms. The van der Waals surface area contributed by atoms with Crippen LogP contribution >= 0.6 is 0 Å². The van der Waals surface area contributed by atoms with Gasteiger partial charge in [0.15, 0.2) is 0 Å². The predicted octanol–water partition coefficient (Wildman–Crippen LogP) is 1.42. The lowest BCUT2D eigenvalue weighted by Crippen LogP contribution is -2.28. The quantitative estimate of drug-likeness (QED) is 0.689. The summed E-state index contributed by atoms with van der Waals surface area (Å²) in [6.45, 7) is 4.90. The summed E-state index contributed by atoms with van der Waals surface area (Å²) in [6, 6.07) is 4.39. The standard InChI is InChI=1S/C16H25N3O4S/c1-13(20)18-15-7-6-14(12-16(15)23-2)24(21,22)17-8-5-11-19-9-3-4-10-19/h6-7,12,17H,3-5,8-11H2,1-2H3,(H,18,20). The largest absolute Gasteiger partial charge is 0.495 e. The van der Waals surface area contributed by atoms with Crippen molar-refractivity contribution in [3.63, 3.8) is 0 Å². The SMILES string of the molecule is COc1cc(S(=O)(=O)NCCCN2CCCC2)ccc1NC(C)=O. The smallest absolute Gasteiger partial charge is 0.240 e. The average Bonchev–Trinajstić information content (AvgIpc) is 3.04. The van der Waals surface area contributed by atoms with E-state index in [0.29, 0.717) is 18.0 Å².